The number of quaternary nitrogens is 1. The van der Waals surface area contributed by atoms with Crippen LogP contribution in [0.5, 0.6) is 0 Å². The lowest BCUT2D eigenvalue weighted by atomic mass is 9.92. The summed E-state index contributed by atoms with van der Waals surface area (Å²) >= 11 is 0. The van der Waals surface area contributed by atoms with Crippen molar-refractivity contribution in [2.24, 2.45) is 11.8 Å². The zero-order valence-electron chi connectivity index (χ0n) is 12.9. The molecule has 1 aromatic rings. The van der Waals surface area contributed by atoms with Crippen molar-refractivity contribution in [1.82, 2.24) is 0 Å². The largest absolute Gasteiger partial charge is 0.334 e. The SMILES string of the molecule is Cc1cccc(NC(=O)CC[NH+]2C[C@@H](C)C[C@H](C)C2)c1. The minimum atomic E-state index is 0.133. The molecule has 3 nitrogen and oxygen atoms in total. The minimum absolute atomic E-state index is 0.133. The molecule has 2 N–H and O–H groups in total. The van der Waals surface area contributed by atoms with Crippen LogP contribution >= 0.6 is 0 Å². The third kappa shape index (κ3) is 4.64. The average molecular weight is 275 g/mol. The number of carbonyl (C=O) groups is 1. The van der Waals surface area contributed by atoms with Gasteiger partial charge in [0.2, 0.25) is 5.91 Å². The number of aryl methyl sites for hydroxylation is 1. The van der Waals surface area contributed by atoms with Gasteiger partial charge in [-0.2, -0.15) is 0 Å². The number of benzene rings is 1. The van der Waals surface area contributed by atoms with Crippen LogP contribution in [-0.2, 0) is 4.79 Å². The minimum Gasteiger partial charge on any atom is -0.334 e. The molecule has 20 heavy (non-hydrogen) atoms. The molecular weight excluding hydrogens is 248 g/mol. The van der Waals surface area contributed by atoms with Gasteiger partial charge in [-0.05, 0) is 31.0 Å². The first-order valence-electron chi connectivity index (χ1n) is 7.73. The van der Waals surface area contributed by atoms with Gasteiger partial charge >= 0.3 is 0 Å². The number of carbonyl (C=O) groups excluding carboxylic acids is 1. The van der Waals surface area contributed by atoms with Crippen LogP contribution in [0.15, 0.2) is 24.3 Å². The molecule has 0 bridgehead atoms. The van der Waals surface area contributed by atoms with E-state index in [9.17, 15) is 4.79 Å². The normalized spacial score (nSPS) is 26.2. The summed E-state index contributed by atoms with van der Waals surface area (Å²) in [5.41, 5.74) is 2.08. The summed E-state index contributed by atoms with van der Waals surface area (Å²) < 4.78 is 0. The van der Waals surface area contributed by atoms with E-state index in [2.05, 4.69) is 19.2 Å². The fraction of sp³-hybridized carbons (Fsp3) is 0.588. The van der Waals surface area contributed by atoms with Gasteiger partial charge < -0.3 is 10.2 Å². The van der Waals surface area contributed by atoms with Gasteiger partial charge in [0, 0.05) is 17.5 Å². The Labute approximate surface area is 122 Å². The lowest BCUT2D eigenvalue weighted by Gasteiger charge is -2.31. The first-order valence-corrected chi connectivity index (χ1v) is 7.73. The second-order valence-electron chi connectivity index (χ2n) is 6.52. The van der Waals surface area contributed by atoms with Crippen LogP contribution in [0, 0.1) is 18.8 Å². The van der Waals surface area contributed by atoms with E-state index in [0.717, 1.165) is 24.1 Å². The first kappa shape index (κ1) is 15.0. The molecule has 0 saturated carbocycles. The number of anilines is 1. The Morgan fingerprint density at radius 3 is 2.65 bits per heavy atom. The molecule has 0 unspecified atom stereocenters. The summed E-state index contributed by atoms with van der Waals surface area (Å²) in [6.07, 6.45) is 1.95. The van der Waals surface area contributed by atoms with Crippen molar-refractivity contribution in [2.75, 3.05) is 25.0 Å². The molecule has 2 atom stereocenters. The zero-order chi connectivity index (χ0) is 14.5. The van der Waals surface area contributed by atoms with Crippen molar-refractivity contribution in [3.05, 3.63) is 29.8 Å². The highest BCUT2D eigenvalue weighted by Gasteiger charge is 2.25. The van der Waals surface area contributed by atoms with Crippen LogP contribution < -0.4 is 10.2 Å². The number of likely N-dealkylation sites (tertiary alicyclic amines) is 1. The lowest BCUT2D eigenvalue weighted by Crippen LogP contribution is -3.14. The summed E-state index contributed by atoms with van der Waals surface area (Å²) in [6, 6.07) is 7.97. The van der Waals surface area contributed by atoms with E-state index in [0.29, 0.717) is 6.42 Å². The Balaban J connectivity index is 1.77. The molecule has 1 aromatic carbocycles. The highest BCUT2D eigenvalue weighted by atomic mass is 16.1. The Bertz CT molecular complexity index is 448. The number of nitrogens with one attached hydrogen (secondary N) is 2. The second kappa shape index (κ2) is 6.89. The van der Waals surface area contributed by atoms with E-state index in [4.69, 9.17) is 0 Å². The monoisotopic (exact) mass is 275 g/mol. The predicted molar refractivity (Wildman–Crippen MR) is 82.9 cm³/mol. The summed E-state index contributed by atoms with van der Waals surface area (Å²) in [6.45, 7) is 10.1. The molecule has 1 aliphatic heterocycles. The highest BCUT2D eigenvalue weighted by Crippen LogP contribution is 2.12. The molecular formula is C17H27N2O+. The van der Waals surface area contributed by atoms with Gasteiger partial charge in [0.25, 0.3) is 0 Å². The van der Waals surface area contributed by atoms with E-state index >= 15 is 0 Å². The summed E-state index contributed by atoms with van der Waals surface area (Å²) in [5.74, 6) is 1.70. The molecule has 0 radical (unpaired) electrons. The fourth-order valence-corrected chi connectivity index (χ4v) is 3.36. The van der Waals surface area contributed by atoms with Crippen molar-refractivity contribution >= 4 is 11.6 Å². The number of piperidine rings is 1. The van der Waals surface area contributed by atoms with E-state index in [1.165, 1.54) is 25.1 Å². The van der Waals surface area contributed by atoms with Gasteiger partial charge in [-0.3, -0.25) is 4.79 Å². The van der Waals surface area contributed by atoms with Gasteiger partial charge in [-0.25, -0.2) is 0 Å². The summed E-state index contributed by atoms with van der Waals surface area (Å²) in [5, 5.41) is 2.99. The van der Waals surface area contributed by atoms with Crippen molar-refractivity contribution in [1.29, 1.82) is 0 Å². The Morgan fingerprint density at radius 1 is 1.30 bits per heavy atom. The van der Waals surface area contributed by atoms with E-state index in [1.54, 1.807) is 4.90 Å². The van der Waals surface area contributed by atoms with Crippen LogP contribution in [-0.4, -0.2) is 25.5 Å². The van der Waals surface area contributed by atoms with E-state index in [-0.39, 0.29) is 5.91 Å². The number of amides is 1. The van der Waals surface area contributed by atoms with Crippen LogP contribution in [0.2, 0.25) is 0 Å². The molecule has 0 aliphatic carbocycles. The number of hydrogen-bond acceptors (Lipinski definition) is 1. The molecule has 1 fully saturated rings. The van der Waals surface area contributed by atoms with E-state index < -0.39 is 0 Å². The van der Waals surface area contributed by atoms with Crippen LogP contribution in [0.4, 0.5) is 5.69 Å². The maximum Gasteiger partial charge on any atom is 0.230 e. The maximum atomic E-state index is 12.0. The molecule has 0 aromatic heterocycles. The number of hydrogen-bond donors (Lipinski definition) is 2. The standard InChI is InChI=1S/C17H26N2O/c1-13-5-4-6-16(10-13)18-17(20)7-8-19-11-14(2)9-15(3)12-19/h4-6,10,14-15H,7-9,11-12H2,1-3H3,(H,18,20)/p+1/t14-,15-/m0/s1. The molecule has 0 spiro atoms. The Morgan fingerprint density at radius 2 is 2.00 bits per heavy atom. The second-order valence-corrected chi connectivity index (χ2v) is 6.52. The van der Waals surface area contributed by atoms with Crippen LogP contribution in [0.25, 0.3) is 0 Å². The van der Waals surface area contributed by atoms with Crippen LogP contribution in [0.3, 0.4) is 0 Å². The van der Waals surface area contributed by atoms with Crippen molar-refractivity contribution in [3.63, 3.8) is 0 Å². The molecule has 1 saturated heterocycles. The van der Waals surface area contributed by atoms with Gasteiger partial charge in [-0.15, -0.1) is 0 Å². The quantitative estimate of drug-likeness (QED) is 0.864. The van der Waals surface area contributed by atoms with Gasteiger partial charge in [0.15, 0.2) is 0 Å². The Hall–Kier alpha value is -1.35. The fourth-order valence-electron chi connectivity index (χ4n) is 3.36. The molecule has 3 heteroatoms. The number of rotatable bonds is 4. The van der Waals surface area contributed by atoms with Crippen molar-refractivity contribution in [3.8, 4) is 0 Å². The smallest absolute Gasteiger partial charge is 0.230 e. The molecule has 1 heterocycles. The highest BCUT2D eigenvalue weighted by molar-refractivity contribution is 5.90. The molecule has 1 aliphatic rings. The topological polar surface area (TPSA) is 33.5 Å². The average Bonchev–Trinajstić information content (AvgIpc) is 2.35. The van der Waals surface area contributed by atoms with Gasteiger partial charge in [0.05, 0.1) is 26.1 Å². The van der Waals surface area contributed by atoms with Gasteiger partial charge in [-0.1, -0.05) is 26.0 Å². The first-order chi connectivity index (χ1) is 9.52. The van der Waals surface area contributed by atoms with Crippen LogP contribution in [0.1, 0.15) is 32.3 Å². The summed E-state index contributed by atoms with van der Waals surface area (Å²) in [7, 11) is 0. The molecule has 2 rings (SSSR count). The maximum absolute atomic E-state index is 12.0. The zero-order valence-corrected chi connectivity index (χ0v) is 12.9. The van der Waals surface area contributed by atoms with Gasteiger partial charge in [0.1, 0.15) is 0 Å². The van der Waals surface area contributed by atoms with E-state index in [1.807, 2.05) is 31.2 Å². The molecule has 1 amide bonds. The summed E-state index contributed by atoms with van der Waals surface area (Å²) in [4.78, 5) is 13.6. The lowest BCUT2D eigenvalue weighted by molar-refractivity contribution is -0.911. The molecule has 110 valence electrons. The third-order valence-corrected chi connectivity index (χ3v) is 4.09. The van der Waals surface area contributed by atoms with Crippen molar-refractivity contribution < 1.29 is 9.69 Å². The third-order valence-electron chi connectivity index (χ3n) is 4.09. The Kier molecular flexibility index (Phi) is 5.18. The van der Waals surface area contributed by atoms with Crippen molar-refractivity contribution in [2.45, 2.75) is 33.6 Å². The predicted octanol–water partition coefficient (Wildman–Crippen LogP) is 1.88.